The molecule has 0 aliphatic carbocycles. The lowest BCUT2D eigenvalue weighted by atomic mass is 10.1. The summed E-state index contributed by atoms with van der Waals surface area (Å²) in [7, 11) is 0. The number of thioether (sulfide) groups is 1. The van der Waals surface area contributed by atoms with Crippen LogP contribution in [0, 0.1) is 0 Å². The fourth-order valence-corrected chi connectivity index (χ4v) is 4.38. The van der Waals surface area contributed by atoms with Crippen molar-refractivity contribution in [3.63, 3.8) is 0 Å². The number of hydrogen-bond donors (Lipinski definition) is 2. The van der Waals surface area contributed by atoms with Crippen LogP contribution in [0.1, 0.15) is 27.1 Å². The van der Waals surface area contributed by atoms with E-state index in [1.54, 1.807) is 36.0 Å². The maximum absolute atomic E-state index is 12.4. The van der Waals surface area contributed by atoms with Gasteiger partial charge in [-0.15, -0.1) is 11.8 Å². The minimum Gasteiger partial charge on any atom is -0.332 e. The smallest absolute Gasteiger partial charge is 0.261 e. The van der Waals surface area contributed by atoms with Crippen molar-refractivity contribution in [3.8, 4) is 0 Å². The molecule has 7 heteroatoms. The molecule has 0 atom stereocenters. The molecule has 3 aromatic carbocycles. The highest BCUT2D eigenvalue weighted by molar-refractivity contribution is 7.99. The zero-order chi connectivity index (χ0) is 21.6. The summed E-state index contributed by atoms with van der Waals surface area (Å²) < 4.78 is 0. The van der Waals surface area contributed by atoms with Gasteiger partial charge in [0.25, 0.3) is 11.8 Å². The van der Waals surface area contributed by atoms with E-state index in [-0.39, 0.29) is 11.8 Å². The van der Waals surface area contributed by atoms with Crippen molar-refractivity contribution in [1.82, 2.24) is 4.90 Å². The molecule has 3 aromatic rings. The minimum absolute atomic E-state index is 0.193. The highest BCUT2D eigenvalue weighted by atomic mass is 32.2. The molecule has 0 fully saturated rings. The van der Waals surface area contributed by atoms with Gasteiger partial charge in [0.1, 0.15) is 0 Å². The van der Waals surface area contributed by atoms with E-state index in [1.807, 2.05) is 54.6 Å². The minimum atomic E-state index is -0.193. The highest BCUT2D eigenvalue weighted by Gasteiger charge is 2.34. The van der Waals surface area contributed by atoms with Crippen LogP contribution in [0.2, 0.25) is 0 Å². The van der Waals surface area contributed by atoms with E-state index >= 15 is 0 Å². The van der Waals surface area contributed by atoms with Crippen LogP contribution in [-0.4, -0.2) is 34.1 Å². The number of fused-ring (bicyclic) bond motifs is 1. The number of para-hydroxylation sites is 1. The number of anilines is 2. The number of nitrogens with one attached hydrogen (secondary N) is 2. The lowest BCUT2D eigenvalue weighted by molar-refractivity contribution is 0.0655. The Kier molecular flexibility index (Phi) is 6.64. The predicted molar refractivity (Wildman–Crippen MR) is 130 cm³/mol. The first-order chi connectivity index (χ1) is 15.1. The third-order valence-electron chi connectivity index (χ3n) is 4.82. The van der Waals surface area contributed by atoms with Crippen molar-refractivity contribution in [2.75, 3.05) is 22.9 Å². The van der Waals surface area contributed by atoms with E-state index in [9.17, 15) is 9.59 Å². The molecule has 0 unspecified atom stereocenters. The Morgan fingerprint density at radius 3 is 1.94 bits per heavy atom. The number of carbonyl (C=O) groups excluding carboxylic acids is 2. The molecular formula is C24H21N3O2S2. The molecule has 156 valence electrons. The molecule has 0 saturated heterocycles. The summed E-state index contributed by atoms with van der Waals surface area (Å²) in [4.78, 5) is 27.2. The van der Waals surface area contributed by atoms with Gasteiger partial charge in [0.15, 0.2) is 5.11 Å². The number of hydrogen-bond acceptors (Lipinski definition) is 4. The number of carbonyl (C=O) groups is 2. The van der Waals surface area contributed by atoms with Crippen LogP contribution in [0.3, 0.4) is 0 Å². The molecule has 0 radical (unpaired) electrons. The van der Waals surface area contributed by atoms with Crippen LogP contribution in [0.5, 0.6) is 0 Å². The Hall–Kier alpha value is -3.16. The van der Waals surface area contributed by atoms with Gasteiger partial charge in [-0.2, -0.15) is 0 Å². The average molecular weight is 448 g/mol. The van der Waals surface area contributed by atoms with Crippen LogP contribution in [0.4, 0.5) is 11.4 Å². The SMILES string of the molecule is O=C1c2ccccc2C(=O)N1CCCSc1ccc(NC(=S)Nc2ccccc2)cc1. The summed E-state index contributed by atoms with van der Waals surface area (Å²) in [6.45, 7) is 0.429. The van der Waals surface area contributed by atoms with Gasteiger partial charge in [0.2, 0.25) is 0 Å². The van der Waals surface area contributed by atoms with Crippen molar-refractivity contribution in [1.29, 1.82) is 0 Å². The van der Waals surface area contributed by atoms with Gasteiger partial charge < -0.3 is 10.6 Å². The molecule has 5 nitrogen and oxygen atoms in total. The van der Waals surface area contributed by atoms with Gasteiger partial charge in [-0.05, 0) is 72.9 Å². The second-order valence-electron chi connectivity index (χ2n) is 6.98. The Morgan fingerprint density at radius 2 is 1.32 bits per heavy atom. The van der Waals surface area contributed by atoms with E-state index in [0.29, 0.717) is 22.8 Å². The van der Waals surface area contributed by atoms with Crippen molar-refractivity contribution in [2.45, 2.75) is 11.3 Å². The lowest BCUT2D eigenvalue weighted by Crippen LogP contribution is -2.30. The maximum Gasteiger partial charge on any atom is 0.261 e. The molecule has 0 aromatic heterocycles. The zero-order valence-corrected chi connectivity index (χ0v) is 18.3. The molecular weight excluding hydrogens is 426 g/mol. The number of rotatable bonds is 7. The van der Waals surface area contributed by atoms with E-state index in [2.05, 4.69) is 10.6 Å². The summed E-state index contributed by atoms with van der Waals surface area (Å²) in [6.07, 6.45) is 0.737. The highest BCUT2D eigenvalue weighted by Crippen LogP contribution is 2.24. The average Bonchev–Trinajstić information content (AvgIpc) is 3.03. The topological polar surface area (TPSA) is 61.4 Å². The summed E-state index contributed by atoms with van der Waals surface area (Å²) in [5, 5.41) is 6.85. The van der Waals surface area contributed by atoms with Gasteiger partial charge in [-0.1, -0.05) is 30.3 Å². The largest absolute Gasteiger partial charge is 0.332 e. The van der Waals surface area contributed by atoms with Gasteiger partial charge in [-0.3, -0.25) is 14.5 Å². The Labute approximate surface area is 190 Å². The van der Waals surface area contributed by atoms with Crippen molar-refractivity contribution < 1.29 is 9.59 Å². The first-order valence-electron chi connectivity index (χ1n) is 9.93. The summed E-state index contributed by atoms with van der Waals surface area (Å²) in [5.41, 5.74) is 2.85. The first kappa shape index (κ1) is 21.1. The van der Waals surface area contributed by atoms with Crippen LogP contribution in [0.15, 0.2) is 83.8 Å². The number of amides is 2. The molecule has 4 rings (SSSR count). The van der Waals surface area contributed by atoms with Crippen LogP contribution >= 0.6 is 24.0 Å². The summed E-state index contributed by atoms with van der Waals surface area (Å²) in [6, 6.07) is 24.8. The standard InChI is InChI=1S/C24H21N3O2S2/c28-22-20-9-4-5-10-21(20)23(29)27(22)15-6-16-31-19-13-11-18(12-14-19)26-24(30)25-17-7-2-1-3-8-17/h1-5,7-14H,6,15-16H2,(H2,25,26,30). The Bertz CT molecular complexity index is 1070. The van der Waals surface area contributed by atoms with Gasteiger partial charge >= 0.3 is 0 Å². The van der Waals surface area contributed by atoms with Crippen LogP contribution < -0.4 is 10.6 Å². The van der Waals surface area contributed by atoms with Crippen LogP contribution in [0.25, 0.3) is 0 Å². The molecule has 1 heterocycles. The van der Waals surface area contributed by atoms with Crippen molar-refractivity contribution >= 4 is 52.3 Å². The maximum atomic E-state index is 12.4. The normalized spacial score (nSPS) is 12.6. The quantitative estimate of drug-likeness (QED) is 0.223. The Morgan fingerprint density at radius 1 is 0.774 bits per heavy atom. The third-order valence-corrected chi connectivity index (χ3v) is 6.12. The molecule has 0 spiro atoms. The zero-order valence-electron chi connectivity index (χ0n) is 16.7. The van der Waals surface area contributed by atoms with E-state index in [4.69, 9.17) is 12.2 Å². The molecule has 1 aliphatic rings. The van der Waals surface area contributed by atoms with E-state index in [0.717, 1.165) is 28.4 Å². The number of nitrogens with zero attached hydrogens (tertiary/aromatic N) is 1. The predicted octanol–water partition coefficient (Wildman–Crippen LogP) is 5.27. The molecule has 2 N–H and O–H groups in total. The fraction of sp³-hybridized carbons (Fsp3) is 0.125. The molecule has 2 amide bonds. The molecule has 1 aliphatic heterocycles. The third kappa shape index (κ3) is 5.13. The summed E-state index contributed by atoms with van der Waals surface area (Å²) in [5.74, 6) is 0.427. The van der Waals surface area contributed by atoms with Crippen LogP contribution in [-0.2, 0) is 0 Å². The second kappa shape index (κ2) is 9.76. The van der Waals surface area contributed by atoms with E-state index in [1.165, 1.54) is 4.90 Å². The fourth-order valence-electron chi connectivity index (χ4n) is 3.30. The first-order valence-corrected chi connectivity index (χ1v) is 11.3. The van der Waals surface area contributed by atoms with E-state index < -0.39 is 0 Å². The number of benzene rings is 3. The lowest BCUT2D eigenvalue weighted by Gasteiger charge is -2.13. The number of thiocarbonyl (C=S) groups is 1. The molecule has 0 bridgehead atoms. The Balaban J connectivity index is 1.22. The van der Waals surface area contributed by atoms with Gasteiger partial charge in [-0.25, -0.2) is 0 Å². The molecule has 0 saturated carbocycles. The summed E-state index contributed by atoms with van der Waals surface area (Å²) >= 11 is 7.04. The monoisotopic (exact) mass is 447 g/mol. The van der Waals surface area contributed by atoms with Gasteiger partial charge in [0.05, 0.1) is 11.1 Å². The second-order valence-corrected chi connectivity index (χ2v) is 8.56. The van der Waals surface area contributed by atoms with Crippen molar-refractivity contribution in [3.05, 3.63) is 90.0 Å². The number of imide groups is 1. The van der Waals surface area contributed by atoms with Crippen molar-refractivity contribution in [2.24, 2.45) is 0 Å². The molecule has 31 heavy (non-hydrogen) atoms. The van der Waals surface area contributed by atoms with Gasteiger partial charge in [0, 0.05) is 22.8 Å².